The molecule has 1 saturated carbocycles. The van der Waals surface area contributed by atoms with Gasteiger partial charge in [-0.25, -0.2) is 0 Å². The van der Waals surface area contributed by atoms with Crippen LogP contribution in [0.5, 0.6) is 11.5 Å². The van der Waals surface area contributed by atoms with Gasteiger partial charge < -0.3 is 19.7 Å². The molecule has 2 amide bonds. The number of benzene rings is 3. The van der Waals surface area contributed by atoms with Gasteiger partial charge in [0.15, 0.2) is 6.61 Å². The van der Waals surface area contributed by atoms with Gasteiger partial charge in [0.2, 0.25) is 5.91 Å². The predicted octanol–water partition coefficient (Wildman–Crippen LogP) is 6.29. The van der Waals surface area contributed by atoms with Gasteiger partial charge in [0.25, 0.3) is 5.91 Å². The molecule has 1 N–H and O–H groups in total. The number of hydrogen-bond acceptors (Lipinski definition) is 4. The maximum atomic E-state index is 14.0. The molecule has 3 aromatic carbocycles. The molecule has 4 rings (SSSR count). The summed E-state index contributed by atoms with van der Waals surface area (Å²) in [7, 11) is 1.62. The van der Waals surface area contributed by atoms with E-state index < -0.39 is 6.04 Å². The van der Waals surface area contributed by atoms with Crippen LogP contribution in [0.15, 0.2) is 78.9 Å². The molecule has 6 nitrogen and oxygen atoms in total. The van der Waals surface area contributed by atoms with Gasteiger partial charge in [-0.05, 0) is 53.6 Å². The molecule has 1 fully saturated rings. The van der Waals surface area contributed by atoms with Gasteiger partial charge >= 0.3 is 0 Å². The van der Waals surface area contributed by atoms with Crippen molar-refractivity contribution < 1.29 is 19.1 Å². The zero-order valence-corrected chi connectivity index (χ0v) is 24.0. The van der Waals surface area contributed by atoms with Crippen LogP contribution in [0, 0.1) is 0 Å². The highest BCUT2D eigenvalue weighted by molar-refractivity contribution is 5.88. The third kappa shape index (κ3) is 8.10. The maximum absolute atomic E-state index is 14.0. The predicted molar refractivity (Wildman–Crippen MR) is 159 cm³/mol. The Hall–Kier alpha value is -3.80. The molecule has 0 saturated heterocycles. The van der Waals surface area contributed by atoms with Crippen LogP contribution in [0.1, 0.15) is 68.6 Å². The molecule has 0 unspecified atom stereocenters. The minimum atomic E-state index is -0.688. The van der Waals surface area contributed by atoms with E-state index in [1.54, 1.807) is 12.0 Å². The molecule has 40 heavy (non-hydrogen) atoms. The number of para-hydroxylation sites is 1. The summed E-state index contributed by atoms with van der Waals surface area (Å²) >= 11 is 0. The molecule has 1 atom stereocenters. The number of nitrogens with zero attached hydrogens (tertiary/aromatic N) is 1. The molecule has 1 aliphatic rings. The fraction of sp³-hybridized carbons (Fsp3) is 0.412. The highest BCUT2D eigenvalue weighted by Gasteiger charge is 2.32. The molecule has 212 valence electrons. The van der Waals surface area contributed by atoms with Gasteiger partial charge in [-0.15, -0.1) is 0 Å². The first kappa shape index (κ1) is 29.2. The lowest BCUT2D eigenvalue weighted by Gasteiger charge is -2.33. The van der Waals surface area contributed by atoms with Crippen LogP contribution in [0.4, 0.5) is 0 Å². The largest absolute Gasteiger partial charge is 0.497 e. The maximum Gasteiger partial charge on any atom is 0.261 e. The standard InChI is InChI=1S/C34H42N2O4/c1-25(2)30-19-10-11-20-32(30)40-24-33(37)36(23-27-15-12-18-29(21-27)39-3)31(22-26-13-6-4-7-14-26)34(38)35-28-16-8-5-9-17-28/h4,6-7,10-15,18-21,25,28,31H,5,8-9,16-17,22-24H2,1-3H3,(H,35,38)/t31-/m0/s1. The third-order valence-electron chi connectivity index (χ3n) is 7.60. The van der Waals surface area contributed by atoms with Crippen molar-refractivity contribution in [2.75, 3.05) is 13.7 Å². The summed E-state index contributed by atoms with van der Waals surface area (Å²) in [6.07, 6.45) is 5.80. The van der Waals surface area contributed by atoms with E-state index in [2.05, 4.69) is 19.2 Å². The van der Waals surface area contributed by atoms with Gasteiger partial charge in [0.1, 0.15) is 17.5 Å². The number of hydrogen-bond donors (Lipinski definition) is 1. The van der Waals surface area contributed by atoms with Crippen LogP contribution in [0.25, 0.3) is 0 Å². The summed E-state index contributed by atoms with van der Waals surface area (Å²) in [6.45, 7) is 4.31. The number of rotatable bonds is 12. The number of carbonyl (C=O) groups excluding carboxylic acids is 2. The van der Waals surface area contributed by atoms with Crippen LogP contribution in [-0.2, 0) is 22.6 Å². The van der Waals surface area contributed by atoms with Gasteiger partial charge in [-0.1, -0.05) is 93.8 Å². The number of ether oxygens (including phenoxy) is 2. The van der Waals surface area contributed by atoms with Gasteiger partial charge in [-0.2, -0.15) is 0 Å². The fourth-order valence-electron chi connectivity index (χ4n) is 5.38. The Morgan fingerprint density at radius 3 is 2.33 bits per heavy atom. The smallest absolute Gasteiger partial charge is 0.261 e. The molecule has 0 aromatic heterocycles. The molecule has 3 aromatic rings. The summed E-state index contributed by atoms with van der Waals surface area (Å²) in [5.74, 6) is 1.30. The number of nitrogens with one attached hydrogen (secondary N) is 1. The van der Waals surface area contributed by atoms with Crippen LogP contribution in [-0.4, -0.2) is 42.5 Å². The zero-order valence-electron chi connectivity index (χ0n) is 24.0. The second kappa shape index (κ2) is 14.5. The summed E-state index contributed by atoms with van der Waals surface area (Å²) in [5, 5.41) is 3.28. The van der Waals surface area contributed by atoms with Crippen LogP contribution >= 0.6 is 0 Å². The van der Waals surface area contributed by atoms with Crippen molar-refractivity contribution in [3.8, 4) is 11.5 Å². The van der Waals surface area contributed by atoms with Crippen molar-refractivity contribution in [3.05, 3.63) is 95.6 Å². The Balaban J connectivity index is 1.64. The van der Waals surface area contributed by atoms with Gasteiger partial charge in [0, 0.05) is 19.0 Å². The summed E-state index contributed by atoms with van der Waals surface area (Å²) in [6, 6.07) is 24.8. The molecule has 1 aliphatic carbocycles. The SMILES string of the molecule is COc1cccc(CN(C(=O)COc2ccccc2C(C)C)[C@@H](Cc2ccccc2)C(=O)NC2CCCCC2)c1. The van der Waals surface area contributed by atoms with E-state index in [4.69, 9.17) is 9.47 Å². The zero-order chi connectivity index (χ0) is 28.3. The number of carbonyl (C=O) groups is 2. The molecule has 0 heterocycles. The Morgan fingerprint density at radius 1 is 0.900 bits per heavy atom. The number of methoxy groups -OCH3 is 1. The molecule has 0 aliphatic heterocycles. The fourth-order valence-corrected chi connectivity index (χ4v) is 5.38. The van der Waals surface area contributed by atoms with Crippen LogP contribution in [0.2, 0.25) is 0 Å². The van der Waals surface area contributed by atoms with E-state index in [-0.39, 0.29) is 36.9 Å². The van der Waals surface area contributed by atoms with E-state index in [0.717, 1.165) is 42.4 Å². The van der Waals surface area contributed by atoms with E-state index >= 15 is 0 Å². The van der Waals surface area contributed by atoms with E-state index in [0.29, 0.717) is 17.9 Å². The monoisotopic (exact) mass is 542 g/mol. The van der Waals surface area contributed by atoms with E-state index in [1.807, 2.05) is 78.9 Å². The average molecular weight is 543 g/mol. The van der Waals surface area contributed by atoms with Crippen molar-refractivity contribution in [1.29, 1.82) is 0 Å². The lowest BCUT2D eigenvalue weighted by Crippen LogP contribution is -2.53. The molecule has 0 radical (unpaired) electrons. The first-order valence-corrected chi connectivity index (χ1v) is 14.4. The van der Waals surface area contributed by atoms with E-state index in [9.17, 15) is 9.59 Å². The van der Waals surface area contributed by atoms with Crippen molar-refractivity contribution in [1.82, 2.24) is 10.2 Å². The summed E-state index contributed by atoms with van der Waals surface area (Å²) in [4.78, 5) is 29.6. The van der Waals surface area contributed by atoms with Gasteiger partial charge in [-0.3, -0.25) is 9.59 Å². The van der Waals surface area contributed by atoms with Gasteiger partial charge in [0.05, 0.1) is 7.11 Å². The molecule has 6 heteroatoms. The summed E-state index contributed by atoms with van der Waals surface area (Å²) < 4.78 is 11.5. The minimum Gasteiger partial charge on any atom is -0.497 e. The Kier molecular flexibility index (Phi) is 10.6. The van der Waals surface area contributed by atoms with Crippen molar-refractivity contribution >= 4 is 11.8 Å². The van der Waals surface area contributed by atoms with E-state index in [1.165, 1.54) is 6.42 Å². The number of amides is 2. The first-order valence-electron chi connectivity index (χ1n) is 14.4. The lowest BCUT2D eigenvalue weighted by atomic mass is 9.94. The second-order valence-electron chi connectivity index (χ2n) is 10.9. The quantitative estimate of drug-likeness (QED) is 0.292. The van der Waals surface area contributed by atoms with Crippen LogP contribution in [0.3, 0.4) is 0 Å². The molecular formula is C34H42N2O4. The first-order chi connectivity index (χ1) is 19.4. The van der Waals surface area contributed by atoms with Crippen LogP contribution < -0.4 is 14.8 Å². The topological polar surface area (TPSA) is 67.9 Å². The van der Waals surface area contributed by atoms with Crippen molar-refractivity contribution in [3.63, 3.8) is 0 Å². The average Bonchev–Trinajstić information content (AvgIpc) is 2.99. The molecule has 0 spiro atoms. The minimum absolute atomic E-state index is 0.116. The Morgan fingerprint density at radius 2 is 1.60 bits per heavy atom. The molecular weight excluding hydrogens is 500 g/mol. The highest BCUT2D eigenvalue weighted by Crippen LogP contribution is 2.26. The highest BCUT2D eigenvalue weighted by atomic mass is 16.5. The second-order valence-corrected chi connectivity index (χ2v) is 10.9. The summed E-state index contributed by atoms with van der Waals surface area (Å²) in [5.41, 5.74) is 2.94. The van der Waals surface area contributed by atoms with Crippen molar-refractivity contribution in [2.24, 2.45) is 0 Å². The Labute approximate surface area is 238 Å². The van der Waals surface area contributed by atoms with Crippen molar-refractivity contribution in [2.45, 2.75) is 76.9 Å². The third-order valence-corrected chi connectivity index (χ3v) is 7.60. The molecule has 0 bridgehead atoms. The normalized spacial score (nSPS) is 14.4. The Bertz CT molecular complexity index is 1240. The lowest BCUT2D eigenvalue weighted by molar-refractivity contribution is -0.143.